The predicted molar refractivity (Wildman–Crippen MR) is 46.6 cm³/mol. The number of pyridine rings is 1. The zero-order valence-electron chi connectivity index (χ0n) is 8.45. The van der Waals surface area contributed by atoms with Crippen molar-refractivity contribution in [3.8, 4) is 5.88 Å². The zero-order valence-corrected chi connectivity index (χ0v) is 8.45. The molecule has 0 radical (unpaired) electrons. The maximum atomic E-state index is 12.5. The number of ether oxygens (including phenoxy) is 1. The van der Waals surface area contributed by atoms with Crippen LogP contribution in [-0.4, -0.2) is 11.3 Å². The van der Waals surface area contributed by atoms with Crippen molar-refractivity contribution in [2.24, 2.45) is 5.73 Å². The number of rotatable bonds is 2. The molecule has 0 unspecified atom stereocenters. The van der Waals surface area contributed by atoms with E-state index in [1.807, 2.05) is 0 Å². The van der Waals surface area contributed by atoms with Crippen molar-refractivity contribution in [3.63, 3.8) is 0 Å². The molecule has 18 heavy (non-hydrogen) atoms. The Labute approximate surface area is 95.4 Å². The van der Waals surface area contributed by atoms with E-state index in [-0.39, 0.29) is 0 Å². The fourth-order valence-corrected chi connectivity index (χ4v) is 1.16. The lowest BCUT2D eigenvalue weighted by atomic mass is 10.1. The number of aromatic amines is 1. The molecule has 0 bridgehead atoms. The molecular weight excluding hydrogens is 270 g/mol. The molecule has 10 heteroatoms. The lowest BCUT2D eigenvalue weighted by Crippen LogP contribution is -2.28. The Morgan fingerprint density at radius 1 is 1.22 bits per heavy atom. The molecule has 0 aliphatic carbocycles. The van der Waals surface area contributed by atoms with E-state index in [1.54, 1.807) is 4.98 Å². The van der Waals surface area contributed by atoms with Gasteiger partial charge in [0.1, 0.15) is 0 Å². The minimum absolute atomic E-state index is 0.503. The standard InChI is InChI=1S/C8H6F6N2O2/c9-7(10,11)4-5(17)3(1-15)2-16-6(4)18-8(12,13)14/h2H,1,15H2,(H,16,17). The summed E-state index contributed by atoms with van der Waals surface area (Å²) in [5.41, 5.74) is 0.770. The fourth-order valence-electron chi connectivity index (χ4n) is 1.16. The van der Waals surface area contributed by atoms with E-state index in [4.69, 9.17) is 5.73 Å². The Morgan fingerprint density at radius 3 is 2.17 bits per heavy atom. The summed E-state index contributed by atoms with van der Waals surface area (Å²) >= 11 is 0. The van der Waals surface area contributed by atoms with Crippen LogP contribution in [0.3, 0.4) is 0 Å². The van der Waals surface area contributed by atoms with Gasteiger partial charge in [0.15, 0.2) is 5.56 Å². The van der Waals surface area contributed by atoms with Gasteiger partial charge in [0.25, 0.3) is 0 Å². The van der Waals surface area contributed by atoms with Crippen LogP contribution in [0.5, 0.6) is 5.88 Å². The zero-order chi connectivity index (χ0) is 14.1. The van der Waals surface area contributed by atoms with Crippen molar-refractivity contribution in [2.75, 3.05) is 0 Å². The number of hydrogen-bond donors (Lipinski definition) is 2. The third-order valence-corrected chi connectivity index (χ3v) is 1.84. The summed E-state index contributed by atoms with van der Waals surface area (Å²) in [6, 6.07) is 0. The molecule has 0 spiro atoms. The third-order valence-electron chi connectivity index (χ3n) is 1.84. The second-order valence-corrected chi connectivity index (χ2v) is 3.10. The number of aromatic nitrogens is 1. The molecule has 1 heterocycles. The van der Waals surface area contributed by atoms with E-state index in [0.29, 0.717) is 6.20 Å². The summed E-state index contributed by atoms with van der Waals surface area (Å²) in [6.45, 7) is -0.551. The first-order valence-electron chi connectivity index (χ1n) is 4.34. The lowest BCUT2D eigenvalue weighted by Gasteiger charge is -2.15. The highest BCUT2D eigenvalue weighted by atomic mass is 19.4. The van der Waals surface area contributed by atoms with Crippen LogP contribution in [0.4, 0.5) is 26.3 Å². The van der Waals surface area contributed by atoms with E-state index in [2.05, 4.69) is 4.74 Å². The molecule has 0 fully saturated rings. The number of H-pyrrole nitrogens is 1. The van der Waals surface area contributed by atoms with Crippen LogP contribution < -0.4 is 15.9 Å². The first-order chi connectivity index (χ1) is 8.06. The minimum Gasteiger partial charge on any atom is -0.389 e. The average molecular weight is 276 g/mol. The first-order valence-corrected chi connectivity index (χ1v) is 4.34. The van der Waals surface area contributed by atoms with Crippen molar-refractivity contribution < 1.29 is 31.1 Å². The average Bonchev–Trinajstić information content (AvgIpc) is 2.13. The SMILES string of the molecule is NCc1c[nH]c(OC(F)(F)F)c(C(F)(F)F)c1=O. The molecule has 0 aromatic carbocycles. The van der Waals surface area contributed by atoms with Gasteiger partial charge in [0, 0.05) is 18.3 Å². The molecule has 0 saturated carbocycles. The smallest absolute Gasteiger partial charge is 0.389 e. The molecule has 102 valence electrons. The van der Waals surface area contributed by atoms with Gasteiger partial charge in [0.05, 0.1) is 0 Å². The Balaban J connectivity index is 3.45. The van der Waals surface area contributed by atoms with Gasteiger partial charge in [-0.1, -0.05) is 0 Å². The Morgan fingerprint density at radius 2 is 1.78 bits per heavy atom. The summed E-state index contributed by atoms with van der Waals surface area (Å²) in [7, 11) is 0. The molecular formula is C8H6F6N2O2. The molecule has 0 aliphatic heterocycles. The predicted octanol–water partition coefficient (Wildman–Crippen LogP) is 1.75. The largest absolute Gasteiger partial charge is 0.574 e. The number of halogens is 6. The number of nitrogens with two attached hydrogens (primary N) is 1. The van der Waals surface area contributed by atoms with Gasteiger partial charge in [-0.2, -0.15) is 13.2 Å². The van der Waals surface area contributed by atoms with Crippen LogP contribution in [0.2, 0.25) is 0 Å². The highest BCUT2D eigenvalue weighted by Gasteiger charge is 2.42. The monoisotopic (exact) mass is 276 g/mol. The lowest BCUT2D eigenvalue weighted by molar-refractivity contribution is -0.278. The number of alkyl halides is 6. The van der Waals surface area contributed by atoms with Crippen LogP contribution in [0.25, 0.3) is 0 Å². The molecule has 1 rings (SSSR count). The van der Waals surface area contributed by atoms with Crippen LogP contribution in [-0.2, 0) is 12.7 Å². The van der Waals surface area contributed by atoms with Gasteiger partial charge in [-0.3, -0.25) is 4.79 Å². The Hall–Kier alpha value is -1.71. The topological polar surface area (TPSA) is 68.1 Å². The fraction of sp³-hybridized carbons (Fsp3) is 0.375. The highest BCUT2D eigenvalue weighted by Crippen LogP contribution is 2.34. The van der Waals surface area contributed by atoms with Gasteiger partial charge in [-0.05, 0) is 0 Å². The minimum atomic E-state index is -5.35. The van der Waals surface area contributed by atoms with Crippen molar-refractivity contribution in [3.05, 3.63) is 27.5 Å². The molecule has 1 aromatic heterocycles. The van der Waals surface area contributed by atoms with Gasteiger partial charge in [0.2, 0.25) is 11.3 Å². The first kappa shape index (κ1) is 14.4. The molecule has 1 aromatic rings. The summed E-state index contributed by atoms with van der Waals surface area (Å²) < 4.78 is 76.3. The molecule has 0 atom stereocenters. The quantitative estimate of drug-likeness (QED) is 0.808. The molecule has 3 N–H and O–H groups in total. The molecule has 0 saturated heterocycles. The van der Waals surface area contributed by atoms with Crippen molar-refractivity contribution in [1.82, 2.24) is 4.98 Å². The highest BCUT2D eigenvalue weighted by molar-refractivity contribution is 5.32. The van der Waals surface area contributed by atoms with E-state index in [9.17, 15) is 31.1 Å². The second-order valence-electron chi connectivity index (χ2n) is 3.10. The van der Waals surface area contributed by atoms with Crippen LogP contribution in [0, 0.1) is 0 Å². The van der Waals surface area contributed by atoms with E-state index in [1.165, 1.54) is 0 Å². The Bertz CT molecular complexity index is 490. The van der Waals surface area contributed by atoms with E-state index < -0.39 is 41.5 Å². The molecule has 0 amide bonds. The van der Waals surface area contributed by atoms with Gasteiger partial charge in [-0.15, -0.1) is 13.2 Å². The van der Waals surface area contributed by atoms with Crippen molar-refractivity contribution in [2.45, 2.75) is 19.1 Å². The van der Waals surface area contributed by atoms with Crippen molar-refractivity contribution >= 4 is 0 Å². The van der Waals surface area contributed by atoms with Gasteiger partial charge >= 0.3 is 12.5 Å². The van der Waals surface area contributed by atoms with Gasteiger partial charge in [-0.25, -0.2) is 0 Å². The maximum absolute atomic E-state index is 12.5. The molecule has 0 aliphatic rings. The summed E-state index contributed by atoms with van der Waals surface area (Å²) in [4.78, 5) is 12.9. The van der Waals surface area contributed by atoms with E-state index in [0.717, 1.165) is 0 Å². The number of hydrogen-bond acceptors (Lipinski definition) is 3. The summed E-state index contributed by atoms with van der Waals surface area (Å²) in [6.07, 6.45) is -10.0. The summed E-state index contributed by atoms with van der Waals surface area (Å²) in [5.74, 6) is -1.71. The summed E-state index contributed by atoms with van der Waals surface area (Å²) in [5, 5.41) is 0. The third kappa shape index (κ3) is 3.15. The number of nitrogens with one attached hydrogen (secondary N) is 1. The van der Waals surface area contributed by atoms with E-state index >= 15 is 0 Å². The molecule has 4 nitrogen and oxygen atoms in total. The van der Waals surface area contributed by atoms with Crippen LogP contribution >= 0.6 is 0 Å². The normalized spacial score (nSPS) is 12.6. The van der Waals surface area contributed by atoms with Crippen LogP contribution in [0.15, 0.2) is 11.0 Å². The maximum Gasteiger partial charge on any atom is 0.574 e. The van der Waals surface area contributed by atoms with Crippen LogP contribution in [0.1, 0.15) is 11.1 Å². The van der Waals surface area contributed by atoms with Crippen molar-refractivity contribution in [1.29, 1.82) is 0 Å². The van der Waals surface area contributed by atoms with Gasteiger partial charge < -0.3 is 15.5 Å². The Kier molecular flexibility index (Phi) is 3.60. The second kappa shape index (κ2) is 4.52.